The van der Waals surface area contributed by atoms with Gasteiger partial charge in [-0.1, -0.05) is 29.8 Å². The van der Waals surface area contributed by atoms with Gasteiger partial charge in [0.05, 0.1) is 25.6 Å². The lowest BCUT2D eigenvalue weighted by Crippen LogP contribution is -2.32. The van der Waals surface area contributed by atoms with E-state index in [1.807, 2.05) is 31.2 Å². The number of anilines is 1. The lowest BCUT2D eigenvalue weighted by Gasteiger charge is -2.22. The molecule has 2 aromatic heterocycles. The number of nitrogens with zero attached hydrogens (tertiary/aromatic N) is 3. The summed E-state index contributed by atoms with van der Waals surface area (Å²) in [5.74, 6) is -0.176. The normalized spacial score (nSPS) is 14.3. The lowest BCUT2D eigenvalue weighted by atomic mass is 10.2. The van der Waals surface area contributed by atoms with Crippen molar-refractivity contribution >= 4 is 30.4 Å². The number of H-pyrrole nitrogens is 1. The van der Waals surface area contributed by atoms with Gasteiger partial charge in [0.2, 0.25) is 5.95 Å². The van der Waals surface area contributed by atoms with E-state index in [-0.39, 0.29) is 36.8 Å². The Morgan fingerprint density at radius 1 is 1.34 bits per heavy atom. The number of ketones is 1. The molecule has 11 nitrogen and oxygen atoms in total. The first-order valence-electron chi connectivity index (χ1n) is 10.0. The van der Waals surface area contributed by atoms with Crippen LogP contribution >= 0.6 is 7.52 Å². The molecule has 0 bridgehead atoms. The third-order valence-electron chi connectivity index (χ3n) is 4.79. The second kappa shape index (κ2) is 10.2. The molecule has 12 heteroatoms. The predicted molar refractivity (Wildman–Crippen MR) is 120 cm³/mol. The number of carbonyl (C=O) groups is 1. The van der Waals surface area contributed by atoms with Crippen molar-refractivity contribution in [3.05, 3.63) is 52.1 Å². The first-order chi connectivity index (χ1) is 15.2. The molecule has 0 spiro atoms. The van der Waals surface area contributed by atoms with Crippen LogP contribution in [0.25, 0.3) is 11.2 Å². The summed E-state index contributed by atoms with van der Waals surface area (Å²) < 4.78 is 26.2. The molecule has 172 valence electrons. The van der Waals surface area contributed by atoms with Gasteiger partial charge in [-0.25, -0.2) is 10.1 Å². The number of Topliss-reactive ketones (excluding diaryl/α,β-unsaturated/α-hetero) is 1. The van der Waals surface area contributed by atoms with Crippen molar-refractivity contribution in [2.75, 3.05) is 18.7 Å². The number of rotatable bonds is 11. The summed E-state index contributed by atoms with van der Waals surface area (Å²) in [6, 6.07) is 7.00. The zero-order valence-electron chi connectivity index (χ0n) is 18.2. The summed E-state index contributed by atoms with van der Waals surface area (Å²) in [6.07, 6.45) is 1.22. The minimum Gasteiger partial charge on any atom is -0.369 e. The van der Waals surface area contributed by atoms with Gasteiger partial charge in [0, 0.05) is 6.54 Å². The van der Waals surface area contributed by atoms with Gasteiger partial charge < -0.3 is 19.6 Å². The molecule has 3 rings (SSSR count). The Hall–Kier alpha value is -2.85. The van der Waals surface area contributed by atoms with Crippen molar-refractivity contribution < 1.29 is 18.6 Å². The molecule has 0 amide bonds. The van der Waals surface area contributed by atoms with E-state index in [4.69, 9.17) is 15.0 Å². The summed E-state index contributed by atoms with van der Waals surface area (Å²) in [7, 11) is -3.49. The van der Waals surface area contributed by atoms with Gasteiger partial charge in [0.15, 0.2) is 11.2 Å². The molecule has 3 aromatic rings. The van der Waals surface area contributed by atoms with Crippen LogP contribution in [0.5, 0.6) is 0 Å². The van der Waals surface area contributed by atoms with Crippen LogP contribution in [-0.2, 0) is 31.8 Å². The molecule has 0 aliphatic heterocycles. The Labute approximate surface area is 184 Å². The van der Waals surface area contributed by atoms with Crippen molar-refractivity contribution in [3.8, 4) is 0 Å². The number of benzene rings is 1. The monoisotopic (exact) mass is 462 g/mol. The highest BCUT2D eigenvalue weighted by molar-refractivity contribution is 7.56. The molecule has 0 saturated carbocycles. The highest BCUT2D eigenvalue weighted by atomic mass is 31.2. The maximum Gasteiger partial charge on any atom is 0.295 e. The average Bonchev–Trinajstić information content (AvgIpc) is 3.14. The van der Waals surface area contributed by atoms with Gasteiger partial charge in [0.25, 0.3) is 13.1 Å². The quantitative estimate of drug-likeness (QED) is 0.286. The number of aryl methyl sites for hydroxylation is 1. The molecular weight excluding hydrogens is 435 g/mol. The second-order valence-electron chi connectivity index (χ2n) is 7.49. The molecule has 0 fully saturated rings. The third kappa shape index (κ3) is 6.10. The molecule has 0 radical (unpaired) electrons. The zero-order chi connectivity index (χ0) is 23.3. The van der Waals surface area contributed by atoms with Gasteiger partial charge in [0.1, 0.15) is 12.1 Å². The molecule has 4 N–H and O–H groups in total. The topological polar surface area (TPSA) is 154 Å². The van der Waals surface area contributed by atoms with E-state index in [0.29, 0.717) is 12.2 Å². The van der Waals surface area contributed by atoms with E-state index in [2.05, 4.69) is 20.0 Å². The van der Waals surface area contributed by atoms with E-state index in [1.54, 1.807) is 11.5 Å². The third-order valence-corrected chi connectivity index (χ3v) is 6.64. The average molecular weight is 462 g/mol. The van der Waals surface area contributed by atoms with Crippen LogP contribution in [0, 0.1) is 6.92 Å². The van der Waals surface area contributed by atoms with Crippen molar-refractivity contribution in [1.82, 2.24) is 24.6 Å². The van der Waals surface area contributed by atoms with Crippen molar-refractivity contribution in [3.63, 3.8) is 0 Å². The van der Waals surface area contributed by atoms with Crippen LogP contribution in [0.1, 0.15) is 25.0 Å². The van der Waals surface area contributed by atoms with Crippen LogP contribution in [0.4, 0.5) is 5.95 Å². The molecule has 32 heavy (non-hydrogen) atoms. The van der Waals surface area contributed by atoms with E-state index in [9.17, 15) is 14.2 Å². The minimum absolute atomic E-state index is 0.0124. The van der Waals surface area contributed by atoms with Crippen LogP contribution < -0.4 is 16.4 Å². The maximum atomic E-state index is 13.3. The van der Waals surface area contributed by atoms with Crippen molar-refractivity contribution in [2.45, 2.75) is 40.0 Å². The SMILES string of the molecule is CC(=O)[C@H](C)NP(=O)(COCCn1cnc2c(=O)[nH]c(N)nc21)OCc1ccc(C)cc1. The van der Waals surface area contributed by atoms with Crippen molar-refractivity contribution in [1.29, 1.82) is 0 Å². The van der Waals surface area contributed by atoms with Gasteiger partial charge in [-0.3, -0.25) is 19.1 Å². The van der Waals surface area contributed by atoms with Gasteiger partial charge in [-0.15, -0.1) is 0 Å². The number of nitrogens with two attached hydrogens (primary N) is 1. The maximum absolute atomic E-state index is 13.3. The molecule has 0 aliphatic carbocycles. The number of nitrogens with one attached hydrogen (secondary N) is 2. The first-order valence-corrected chi connectivity index (χ1v) is 11.8. The molecule has 0 aliphatic rings. The number of carbonyl (C=O) groups excluding carboxylic acids is 1. The number of hydrogen-bond acceptors (Lipinski definition) is 8. The van der Waals surface area contributed by atoms with E-state index < -0.39 is 19.1 Å². The fourth-order valence-corrected chi connectivity index (χ4v) is 4.57. The first kappa shape index (κ1) is 23.8. The lowest BCUT2D eigenvalue weighted by molar-refractivity contribution is -0.118. The summed E-state index contributed by atoms with van der Waals surface area (Å²) in [5.41, 5.74) is 7.63. The largest absolute Gasteiger partial charge is 0.369 e. The number of hydrogen-bond donors (Lipinski definition) is 3. The fraction of sp³-hybridized carbons (Fsp3) is 0.400. The number of nitrogen functional groups attached to an aromatic ring is 1. The van der Waals surface area contributed by atoms with Gasteiger partial charge >= 0.3 is 0 Å². The number of aromatic nitrogens is 4. The Morgan fingerprint density at radius 3 is 2.75 bits per heavy atom. The van der Waals surface area contributed by atoms with E-state index in [0.717, 1.165) is 11.1 Å². The number of imidazole rings is 1. The Balaban J connectivity index is 1.63. The van der Waals surface area contributed by atoms with Crippen LogP contribution in [0.2, 0.25) is 0 Å². The van der Waals surface area contributed by atoms with Crippen LogP contribution in [-0.4, -0.2) is 44.3 Å². The number of aromatic amines is 1. The highest BCUT2D eigenvalue weighted by Gasteiger charge is 2.27. The fourth-order valence-electron chi connectivity index (χ4n) is 2.84. The summed E-state index contributed by atoms with van der Waals surface area (Å²) >= 11 is 0. The predicted octanol–water partition coefficient (Wildman–Crippen LogP) is 1.96. The molecule has 0 saturated heterocycles. The van der Waals surface area contributed by atoms with Crippen molar-refractivity contribution in [2.24, 2.45) is 0 Å². The molecule has 2 heterocycles. The minimum atomic E-state index is -3.49. The summed E-state index contributed by atoms with van der Waals surface area (Å²) in [6.45, 7) is 5.56. The molecule has 2 atom stereocenters. The zero-order valence-corrected chi connectivity index (χ0v) is 19.1. The summed E-state index contributed by atoms with van der Waals surface area (Å²) in [4.78, 5) is 34.0. The Kier molecular flexibility index (Phi) is 7.57. The van der Waals surface area contributed by atoms with E-state index >= 15 is 0 Å². The van der Waals surface area contributed by atoms with E-state index in [1.165, 1.54) is 13.3 Å². The van der Waals surface area contributed by atoms with Crippen LogP contribution in [0.15, 0.2) is 35.4 Å². The molecular formula is C20H27N6O5P. The highest BCUT2D eigenvalue weighted by Crippen LogP contribution is 2.44. The van der Waals surface area contributed by atoms with Crippen LogP contribution in [0.3, 0.4) is 0 Å². The number of fused-ring (bicyclic) bond motifs is 1. The Bertz CT molecular complexity index is 1190. The van der Waals surface area contributed by atoms with Gasteiger partial charge in [-0.05, 0) is 26.3 Å². The Morgan fingerprint density at radius 2 is 2.06 bits per heavy atom. The second-order valence-corrected chi connectivity index (χ2v) is 9.61. The summed E-state index contributed by atoms with van der Waals surface area (Å²) in [5, 5.41) is 2.78. The van der Waals surface area contributed by atoms with Gasteiger partial charge in [-0.2, -0.15) is 4.98 Å². The smallest absolute Gasteiger partial charge is 0.295 e. The molecule has 1 aromatic carbocycles. The standard InChI is InChI=1S/C20H27N6O5P/c1-13-4-6-16(7-5-13)10-31-32(29,25-14(2)15(3)27)12-30-9-8-26-11-22-17-18(26)23-20(21)24-19(17)28/h4-7,11,14H,8-10,12H2,1-3H3,(H,25,29)(H3,21,23,24,28)/t14-,32?/m0/s1. The number of ether oxygens (including phenoxy) is 1. The molecule has 1 unspecified atom stereocenters.